The highest BCUT2D eigenvalue weighted by atomic mass is 79.9. The highest BCUT2D eigenvalue weighted by molar-refractivity contribution is 9.10. The smallest absolute Gasteiger partial charge is 0.179 e. The molecule has 0 amide bonds. The third-order valence-corrected chi connectivity index (χ3v) is 5.04. The molecule has 19 heavy (non-hydrogen) atoms. The van der Waals surface area contributed by atoms with E-state index < -0.39 is 9.84 Å². The van der Waals surface area contributed by atoms with Gasteiger partial charge in [0.25, 0.3) is 0 Å². The molecule has 6 heteroatoms. The van der Waals surface area contributed by atoms with Crippen LogP contribution >= 0.6 is 15.9 Å². The Labute approximate surface area is 123 Å². The predicted octanol–water partition coefficient (Wildman–Crippen LogP) is 1.97. The molecule has 1 atom stereocenters. The largest absolute Gasteiger partial charge is 0.396 e. The van der Waals surface area contributed by atoms with Crippen molar-refractivity contribution in [2.24, 2.45) is 0 Å². The van der Waals surface area contributed by atoms with Gasteiger partial charge < -0.3 is 10.4 Å². The van der Waals surface area contributed by atoms with E-state index in [2.05, 4.69) is 21.2 Å². The first-order chi connectivity index (χ1) is 8.99. The van der Waals surface area contributed by atoms with Gasteiger partial charge in [0.2, 0.25) is 0 Å². The number of hydrogen-bond acceptors (Lipinski definition) is 4. The second-order valence-corrected chi connectivity index (χ2v) is 7.35. The maximum atomic E-state index is 12.3. The number of halogens is 1. The van der Waals surface area contributed by atoms with Gasteiger partial charge in [-0.15, -0.1) is 0 Å². The van der Waals surface area contributed by atoms with E-state index in [1.165, 1.54) is 0 Å². The van der Waals surface area contributed by atoms with Crippen molar-refractivity contribution >= 4 is 25.8 Å². The van der Waals surface area contributed by atoms with Crippen molar-refractivity contribution in [1.29, 1.82) is 0 Å². The number of hydrogen-bond donors (Lipinski definition) is 2. The minimum Gasteiger partial charge on any atom is -0.396 e. The van der Waals surface area contributed by atoms with Gasteiger partial charge in [-0.25, -0.2) is 8.42 Å². The van der Waals surface area contributed by atoms with E-state index in [4.69, 9.17) is 5.11 Å². The van der Waals surface area contributed by atoms with E-state index >= 15 is 0 Å². The van der Waals surface area contributed by atoms with Gasteiger partial charge in [-0.1, -0.05) is 28.9 Å². The molecule has 4 nitrogen and oxygen atoms in total. The molecule has 0 aliphatic heterocycles. The molecule has 0 heterocycles. The molecule has 0 saturated heterocycles. The summed E-state index contributed by atoms with van der Waals surface area (Å²) in [4.78, 5) is 0.308. The number of aliphatic hydroxyl groups excluding tert-OH is 1. The van der Waals surface area contributed by atoms with Crippen LogP contribution in [0.4, 0.5) is 0 Å². The van der Waals surface area contributed by atoms with Gasteiger partial charge in [0.15, 0.2) is 9.84 Å². The molecule has 0 aromatic heterocycles. The number of benzene rings is 1. The lowest BCUT2D eigenvalue weighted by molar-refractivity contribution is 0.269. The zero-order chi connectivity index (χ0) is 14.3. The third-order valence-electron chi connectivity index (χ3n) is 2.74. The van der Waals surface area contributed by atoms with E-state index in [0.717, 1.165) is 17.4 Å². The summed E-state index contributed by atoms with van der Waals surface area (Å²) in [5, 5.41) is 12.2. The maximum absolute atomic E-state index is 12.3. The van der Waals surface area contributed by atoms with E-state index in [9.17, 15) is 8.42 Å². The maximum Gasteiger partial charge on any atom is 0.179 e. The monoisotopic (exact) mass is 349 g/mol. The van der Waals surface area contributed by atoms with Crippen molar-refractivity contribution in [1.82, 2.24) is 5.32 Å². The summed E-state index contributed by atoms with van der Waals surface area (Å²) in [7, 11) is -3.34. The zero-order valence-corrected chi connectivity index (χ0v) is 13.4. The summed E-state index contributed by atoms with van der Waals surface area (Å²) >= 11 is 3.27. The Hall–Kier alpha value is -0.430. The minimum absolute atomic E-state index is 0.00398. The van der Waals surface area contributed by atoms with Crippen LogP contribution in [-0.2, 0) is 9.84 Å². The fourth-order valence-corrected chi connectivity index (χ4v) is 3.92. The van der Waals surface area contributed by atoms with Crippen LogP contribution in [-0.4, -0.2) is 38.5 Å². The Balaban J connectivity index is 2.81. The van der Waals surface area contributed by atoms with Crippen LogP contribution in [0.1, 0.15) is 19.8 Å². The van der Waals surface area contributed by atoms with E-state index in [1.54, 1.807) is 24.3 Å². The van der Waals surface area contributed by atoms with Gasteiger partial charge in [0.1, 0.15) is 0 Å². The molecule has 108 valence electrons. The lowest BCUT2D eigenvalue weighted by atomic mass is 10.2. The molecule has 0 bridgehead atoms. The van der Waals surface area contributed by atoms with Crippen LogP contribution < -0.4 is 5.32 Å². The molecular weight excluding hydrogens is 330 g/mol. The van der Waals surface area contributed by atoms with E-state index in [1.807, 2.05) is 6.92 Å². The van der Waals surface area contributed by atoms with E-state index in [0.29, 0.717) is 11.3 Å². The minimum atomic E-state index is -3.34. The Bertz CT molecular complexity index is 490. The second kappa shape index (κ2) is 7.99. The van der Waals surface area contributed by atoms with Gasteiger partial charge in [0, 0.05) is 17.1 Å². The van der Waals surface area contributed by atoms with Crippen LogP contribution in [0.3, 0.4) is 0 Å². The van der Waals surface area contributed by atoms with Crippen molar-refractivity contribution in [2.75, 3.05) is 18.9 Å². The Morgan fingerprint density at radius 1 is 1.42 bits per heavy atom. The molecule has 1 unspecified atom stereocenters. The van der Waals surface area contributed by atoms with Gasteiger partial charge in [-0.05, 0) is 37.6 Å². The second-order valence-electron chi connectivity index (χ2n) is 4.40. The summed E-state index contributed by atoms with van der Waals surface area (Å²) < 4.78 is 25.3. The summed E-state index contributed by atoms with van der Waals surface area (Å²) in [6.07, 6.45) is 1.37. The molecule has 0 radical (unpaired) electrons. The van der Waals surface area contributed by atoms with Gasteiger partial charge >= 0.3 is 0 Å². The summed E-state index contributed by atoms with van der Waals surface area (Å²) in [5.74, 6) is 0.00398. The molecule has 0 fully saturated rings. The number of sulfone groups is 1. The average molecular weight is 350 g/mol. The standard InChI is InChI=1S/C13H20BrNO3S/c1-2-7-15-12(6-8-16)10-19(17,18)13-5-3-4-11(14)9-13/h3-5,9,12,15-16H,2,6-8,10H2,1H3. The summed E-state index contributed by atoms with van der Waals surface area (Å²) in [5.41, 5.74) is 0. The van der Waals surface area contributed by atoms with Crippen molar-refractivity contribution in [3.8, 4) is 0 Å². The molecule has 1 rings (SSSR count). The van der Waals surface area contributed by atoms with Crippen LogP contribution in [0.15, 0.2) is 33.6 Å². The first-order valence-electron chi connectivity index (χ1n) is 6.32. The highest BCUT2D eigenvalue weighted by Crippen LogP contribution is 2.18. The normalized spacial score (nSPS) is 13.4. The zero-order valence-electron chi connectivity index (χ0n) is 11.0. The number of rotatable bonds is 8. The number of nitrogens with one attached hydrogen (secondary N) is 1. The van der Waals surface area contributed by atoms with E-state index in [-0.39, 0.29) is 18.4 Å². The fraction of sp³-hybridized carbons (Fsp3) is 0.538. The van der Waals surface area contributed by atoms with Crippen molar-refractivity contribution in [3.63, 3.8) is 0 Å². The topological polar surface area (TPSA) is 66.4 Å². The molecular formula is C13H20BrNO3S. The quantitative estimate of drug-likeness (QED) is 0.752. The van der Waals surface area contributed by atoms with Crippen molar-refractivity contribution in [2.45, 2.75) is 30.7 Å². The van der Waals surface area contributed by atoms with Gasteiger partial charge in [0.05, 0.1) is 10.6 Å². The average Bonchev–Trinajstić information content (AvgIpc) is 2.36. The van der Waals surface area contributed by atoms with Crippen LogP contribution in [0, 0.1) is 0 Å². The lowest BCUT2D eigenvalue weighted by Gasteiger charge is -2.17. The summed E-state index contributed by atoms with van der Waals surface area (Å²) in [6, 6.07) is 6.48. The first-order valence-corrected chi connectivity index (χ1v) is 8.76. The van der Waals surface area contributed by atoms with Crippen LogP contribution in [0.5, 0.6) is 0 Å². The molecule has 0 saturated carbocycles. The summed E-state index contributed by atoms with van der Waals surface area (Å²) in [6.45, 7) is 2.75. The predicted molar refractivity (Wildman–Crippen MR) is 80.0 cm³/mol. The Morgan fingerprint density at radius 2 is 2.16 bits per heavy atom. The van der Waals surface area contributed by atoms with Gasteiger partial charge in [-0.2, -0.15) is 0 Å². The third kappa shape index (κ3) is 5.60. The fourth-order valence-electron chi connectivity index (χ4n) is 1.77. The molecule has 1 aromatic rings. The van der Waals surface area contributed by atoms with Crippen molar-refractivity contribution < 1.29 is 13.5 Å². The molecule has 0 aliphatic rings. The molecule has 0 spiro atoms. The molecule has 0 aliphatic carbocycles. The van der Waals surface area contributed by atoms with Gasteiger partial charge in [-0.3, -0.25) is 0 Å². The first kappa shape index (κ1) is 16.6. The lowest BCUT2D eigenvalue weighted by Crippen LogP contribution is -2.37. The molecule has 1 aromatic carbocycles. The SMILES string of the molecule is CCCNC(CCO)CS(=O)(=O)c1cccc(Br)c1. The van der Waals surface area contributed by atoms with Crippen LogP contribution in [0.25, 0.3) is 0 Å². The Morgan fingerprint density at radius 3 is 2.74 bits per heavy atom. The van der Waals surface area contributed by atoms with Crippen LogP contribution in [0.2, 0.25) is 0 Å². The number of aliphatic hydroxyl groups is 1. The van der Waals surface area contributed by atoms with Crippen molar-refractivity contribution in [3.05, 3.63) is 28.7 Å². The molecule has 2 N–H and O–H groups in total. The Kier molecular flexibility index (Phi) is 6.99. The highest BCUT2D eigenvalue weighted by Gasteiger charge is 2.20.